The van der Waals surface area contributed by atoms with E-state index in [-0.39, 0.29) is 12.5 Å². The molecule has 0 aromatic heterocycles. The maximum atomic E-state index is 11.9. The zero-order valence-electron chi connectivity index (χ0n) is 14.1. The van der Waals surface area contributed by atoms with Crippen molar-refractivity contribution in [3.8, 4) is 0 Å². The van der Waals surface area contributed by atoms with Crippen molar-refractivity contribution in [2.75, 3.05) is 25.2 Å². The lowest BCUT2D eigenvalue weighted by atomic mass is 10.2. The number of hydrogen-bond donors (Lipinski definition) is 1. The van der Waals surface area contributed by atoms with Gasteiger partial charge >= 0.3 is 5.97 Å². The summed E-state index contributed by atoms with van der Waals surface area (Å²) in [5.74, 6) is 0.160. The first kappa shape index (κ1) is 19.4. The number of hydrogen-bond acceptors (Lipinski definition) is 5. The van der Waals surface area contributed by atoms with Crippen LogP contribution < -0.4 is 5.32 Å². The average Bonchev–Trinajstić information content (AvgIpc) is 2.66. The second-order valence-electron chi connectivity index (χ2n) is 5.17. The van der Waals surface area contributed by atoms with E-state index in [0.717, 1.165) is 17.1 Å². The number of thioether (sulfide) groups is 2. The van der Waals surface area contributed by atoms with Crippen LogP contribution in [-0.2, 0) is 9.53 Å². The van der Waals surface area contributed by atoms with Gasteiger partial charge in [0.15, 0.2) is 6.61 Å². The molecule has 1 N–H and O–H groups in total. The lowest BCUT2D eigenvalue weighted by Gasteiger charge is -2.07. The van der Waals surface area contributed by atoms with Gasteiger partial charge in [0.05, 0.1) is 5.56 Å². The fourth-order valence-corrected chi connectivity index (χ4v) is 3.28. The molecule has 2 aromatic carbocycles. The molecular formula is C19H21NO3S2. The van der Waals surface area contributed by atoms with Gasteiger partial charge < -0.3 is 10.1 Å². The van der Waals surface area contributed by atoms with E-state index in [1.54, 1.807) is 35.7 Å². The van der Waals surface area contributed by atoms with Crippen LogP contribution in [0.1, 0.15) is 16.8 Å². The van der Waals surface area contributed by atoms with Crippen molar-refractivity contribution in [2.24, 2.45) is 0 Å². The van der Waals surface area contributed by atoms with E-state index in [1.165, 1.54) is 4.90 Å². The van der Waals surface area contributed by atoms with Crippen molar-refractivity contribution in [1.29, 1.82) is 0 Å². The summed E-state index contributed by atoms with van der Waals surface area (Å²) in [5, 5.41) is 2.76. The highest BCUT2D eigenvalue weighted by Gasteiger charge is 2.09. The molecule has 6 heteroatoms. The van der Waals surface area contributed by atoms with Crippen LogP contribution in [0, 0.1) is 0 Å². The van der Waals surface area contributed by atoms with Crippen LogP contribution in [0.4, 0.5) is 0 Å². The lowest BCUT2D eigenvalue weighted by Crippen LogP contribution is -2.29. The predicted molar refractivity (Wildman–Crippen MR) is 103 cm³/mol. The number of esters is 1. The van der Waals surface area contributed by atoms with Crippen molar-refractivity contribution in [3.63, 3.8) is 0 Å². The predicted octanol–water partition coefficient (Wildman–Crippen LogP) is 3.86. The van der Waals surface area contributed by atoms with Gasteiger partial charge in [-0.15, -0.1) is 23.5 Å². The molecule has 132 valence electrons. The monoisotopic (exact) mass is 375 g/mol. The molecule has 0 atom stereocenters. The standard InChI is InChI=1S/C19H21NO3S2/c1-24-16-10-8-15(9-11-16)19(22)23-14-18(21)20-12-5-13-25-17-6-3-2-4-7-17/h2-4,6-11H,5,12-14H2,1H3,(H,20,21). The Morgan fingerprint density at radius 1 is 1.00 bits per heavy atom. The quantitative estimate of drug-likeness (QED) is 0.410. The summed E-state index contributed by atoms with van der Waals surface area (Å²) < 4.78 is 5.03. The van der Waals surface area contributed by atoms with Crippen LogP contribution in [0.25, 0.3) is 0 Å². The first-order valence-electron chi connectivity index (χ1n) is 7.95. The van der Waals surface area contributed by atoms with E-state index in [2.05, 4.69) is 17.4 Å². The smallest absolute Gasteiger partial charge is 0.338 e. The second kappa shape index (κ2) is 10.8. The van der Waals surface area contributed by atoms with Crippen LogP contribution >= 0.6 is 23.5 Å². The molecule has 25 heavy (non-hydrogen) atoms. The van der Waals surface area contributed by atoms with Gasteiger partial charge in [-0.2, -0.15) is 0 Å². The molecule has 0 bridgehead atoms. The molecule has 0 saturated heterocycles. The third kappa shape index (κ3) is 7.23. The Hall–Kier alpha value is -1.92. The lowest BCUT2D eigenvalue weighted by molar-refractivity contribution is -0.124. The molecule has 0 heterocycles. The largest absolute Gasteiger partial charge is 0.452 e. The second-order valence-corrected chi connectivity index (χ2v) is 7.22. The van der Waals surface area contributed by atoms with Crippen LogP contribution in [0.15, 0.2) is 64.4 Å². The number of benzene rings is 2. The van der Waals surface area contributed by atoms with Crippen molar-refractivity contribution >= 4 is 35.4 Å². The van der Waals surface area contributed by atoms with E-state index in [0.29, 0.717) is 12.1 Å². The highest BCUT2D eigenvalue weighted by molar-refractivity contribution is 7.99. The molecular weight excluding hydrogens is 354 g/mol. The van der Waals surface area contributed by atoms with Gasteiger partial charge in [0.2, 0.25) is 0 Å². The minimum atomic E-state index is -0.484. The Bertz CT molecular complexity index is 675. The summed E-state index contributed by atoms with van der Waals surface area (Å²) in [4.78, 5) is 25.9. The molecule has 4 nitrogen and oxygen atoms in total. The summed E-state index contributed by atoms with van der Waals surface area (Å²) in [6.07, 6.45) is 2.82. The number of nitrogens with one attached hydrogen (secondary N) is 1. The number of amides is 1. The molecule has 1 amide bonds. The zero-order valence-corrected chi connectivity index (χ0v) is 15.7. The average molecular weight is 376 g/mol. The highest BCUT2D eigenvalue weighted by atomic mass is 32.2. The Balaban J connectivity index is 1.59. The Kier molecular flexibility index (Phi) is 8.42. The molecule has 2 aromatic rings. The number of carbonyl (C=O) groups excluding carboxylic acids is 2. The number of ether oxygens (including phenoxy) is 1. The summed E-state index contributed by atoms with van der Waals surface area (Å²) in [5.41, 5.74) is 0.449. The molecule has 0 spiro atoms. The van der Waals surface area contributed by atoms with E-state index in [1.807, 2.05) is 36.6 Å². The molecule has 0 saturated carbocycles. The van der Waals surface area contributed by atoms with Crippen LogP contribution in [-0.4, -0.2) is 37.0 Å². The van der Waals surface area contributed by atoms with Crippen molar-refractivity contribution in [3.05, 3.63) is 60.2 Å². The van der Waals surface area contributed by atoms with Gasteiger partial charge in [-0.25, -0.2) is 4.79 Å². The van der Waals surface area contributed by atoms with Gasteiger partial charge in [0, 0.05) is 16.3 Å². The molecule has 0 aliphatic heterocycles. The third-order valence-electron chi connectivity index (χ3n) is 3.32. The van der Waals surface area contributed by atoms with Crippen molar-refractivity contribution in [1.82, 2.24) is 5.32 Å². The fraction of sp³-hybridized carbons (Fsp3) is 0.263. The molecule has 0 unspecified atom stereocenters. The van der Waals surface area contributed by atoms with Gasteiger partial charge in [0.25, 0.3) is 5.91 Å². The molecule has 0 aliphatic carbocycles. The van der Waals surface area contributed by atoms with E-state index >= 15 is 0 Å². The first-order chi connectivity index (χ1) is 12.2. The molecule has 2 rings (SSSR count). The summed E-state index contributed by atoms with van der Waals surface area (Å²) in [6.45, 7) is 0.313. The number of rotatable bonds is 9. The fourth-order valence-electron chi connectivity index (χ4n) is 2.00. The molecule has 0 aliphatic rings. The Morgan fingerprint density at radius 2 is 1.72 bits per heavy atom. The summed E-state index contributed by atoms with van der Waals surface area (Å²) in [7, 11) is 0. The zero-order chi connectivity index (χ0) is 17.9. The van der Waals surface area contributed by atoms with Gasteiger partial charge in [-0.3, -0.25) is 4.79 Å². The van der Waals surface area contributed by atoms with Crippen molar-refractivity contribution in [2.45, 2.75) is 16.2 Å². The topological polar surface area (TPSA) is 55.4 Å². The third-order valence-corrected chi connectivity index (χ3v) is 5.16. The van der Waals surface area contributed by atoms with Crippen molar-refractivity contribution < 1.29 is 14.3 Å². The maximum Gasteiger partial charge on any atom is 0.338 e. The summed E-state index contributed by atoms with van der Waals surface area (Å²) in [6, 6.07) is 17.2. The van der Waals surface area contributed by atoms with Gasteiger partial charge in [-0.05, 0) is 54.8 Å². The normalized spacial score (nSPS) is 10.3. The maximum absolute atomic E-state index is 11.9. The first-order valence-corrected chi connectivity index (χ1v) is 10.2. The Morgan fingerprint density at radius 3 is 2.40 bits per heavy atom. The highest BCUT2D eigenvalue weighted by Crippen LogP contribution is 2.17. The Labute approximate surface area is 156 Å². The minimum Gasteiger partial charge on any atom is -0.452 e. The van der Waals surface area contributed by atoms with Gasteiger partial charge in [-0.1, -0.05) is 18.2 Å². The van der Waals surface area contributed by atoms with Crippen LogP contribution in [0.3, 0.4) is 0 Å². The van der Waals surface area contributed by atoms with Crippen LogP contribution in [0.5, 0.6) is 0 Å². The summed E-state index contributed by atoms with van der Waals surface area (Å²) >= 11 is 3.35. The molecule has 0 fully saturated rings. The van der Waals surface area contributed by atoms with Crippen LogP contribution in [0.2, 0.25) is 0 Å². The minimum absolute atomic E-state index is 0.255. The van der Waals surface area contributed by atoms with Gasteiger partial charge in [0.1, 0.15) is 0 Å². The number of carbonyl (C=O) groups is 2. The van der Waals surface area contributed by atoms with E-state index in [9.17, 15) is 9.59 Å². The SMILES string of the molecule is CSc1ccc(C(=O)OCC(=O)NCCCSc2ccccc2)cc1. The van der Waals surface area contributed by atoms with E-state index in [4.69, 9.17) is 4.74 Å². The van der Waals surface area contributed by atoms with E-state index < -0.39 is 5.97 Å². The molecule has 0 radical (unpaired) electrons.